The number of para-hydroxylation sites is 3. The molecule has 30 aromatic rings. The van der Waals surface area contributed by atoms with E-state index >= 15 is 0 Å². The minimum absolute atomic E-state index is 1.11. The van der Waals surface area contributed by atoms with E-state index in [9.17, 15) is 0 Å². The van der Waals surface area contributed by atoms with E-state index in [1.165, 1.54) is 198 Å². The number of hydrogen-bond donors (Lipinski definition) is 0. The van der Waals surface area contributed by atoms with Crippen LogP contribution in [0.2, 0.25) is 0 Å². The van der Waals surface area contributed by atoms with Crippen LogP contribution in [0.4, 0.5) is 51.2 Å². The molecule has 0 aliphatic heterocycles. The van der Waals surface area contributed by atoms with Gasteiger partial charge in [-0.05, 0) is 255 Å². The third kappa shape index (κ3) is 15.7. The van der Waals surface area contributed by atoms with Crippen molar-refractivity contribution in [2.45, 2.75) is 0 Å². The molecule has 0 bridgehead atoms. The maximum atomic E-state index is 2.43. The monoisotopic (exact) mass is 1950 g/mol. The molecular weight excluding hydrogens is 1860 g/mol. The van der Waals surface area contributed by atoms with Crippen LogP contribution < -0.4 is 14.7 Å². The van der Waals surface area contributed by atoms with Gasteiger partial charge >= 0.3 is 0 Å². The van der Waals surface area contributed by atoms with E-state index in [0.717, 1.165) is 62.6 Å². The van der Waals surface area contributed by atoms with Crippen LogP contribution in [0.3, 0.4) is 0 Å². The zero-order valence-corrected chi connectivity index (χ0v) is 83.5. The highest BCUT2D eigenvalue weighted by atomic mass is 32.1. The minimum atomic E-state index is 1.11. The molecule has 0 spiro atoms. The predicted octanol–water partition coefficient (Wildman–Crippen LogP) is 40.8. The largest absolute Gasteiger partial charge is 0.310 e. The molecule has 24 aromatic carbocycles. The lowest BCUT2D eigenvalue weighted by Gasteiger charge is -2.27. The fourth-order valence-corrected chi connectivity index (χ4v) is 26.4. The van der Waals surface area contributed by atoms with Crippen LogP contribution in [0.5, 0.6) is 0 Å². The first-order valence-electron chi connectivity index (χ1n) is 50.7. The number of thiophene rings is 3. The number of rotatable bonds is 16. The molecule has 0 amide bonds. The van der Waals surface area contributed by atoms with Crippen molar-refractivity contribution in [1.29, 1.82) is 0 Å². The van der Waals surface area contributed by atoms with Crippen molar-refractivity contribution >= 4 is 233 Å². The van der Waals surface area contributed by atoms with E-state index in [0.29, 0.717) is 0 Å². The van der Waals surface area contributed by atoms with Crippen LogP contribution in [0.15, 0.2) is 558 Å². The van der Waals surface area contributed by atoms with Gasteiger partial charge in [-0.2, -0.15) is 0 Å². The van der Waals surface area contributed by atoms with Gasteiger partial charge in [0.1, 0.15) is 0 Å². The van der Waals surface area contributed by atoms with Crippen molar-refractivity contribution in [3.05, 3.63) is 558 Å². The summed E-state index contributed by atoms with van der Waals surface area (Å²) in [5.41, 5.74) is 30.5. The number of anilines is 9. The van der Waals surface area contributed by atoms with Gasteiger partial charge in [0.25, 0.3) is 0 Å². The molecule has 0 atom stereocenters. The van der Waals surface area contributed by atoms with E-state index in [1.54, 1.807) is 0 Å². The average molecular weight is 1950 g/mol. The lowest BCUT2D eigenvalue weighted by atomic mass is 10.0. The van der Waals surface area contributed by atoms with Gasteiger partial charge in [-0.3, -0.25) is 0 Å². The fraction of sp³-hybridized carbons (Fsp3) is 0. The predicted molar refractivity (Wildman–Crippen MR) is 642 cm³/mol. The quantitative estimate of drug-likeness (QED) is 0.0964. The molecular formula is C140H92N6S3. The van der Waals surface area contributed by atoms with Gasteiger partial charge in [0.2, 0.25) is 0 Å². The highest BCUT2D eigenvalue weighted by Gasteiger charge is 2.28. The van der Waals surface area contributed by atoms with Crippen molar-refractivity contribution in [3.8, 4) is 61.6 Å². The van der Waals surface area contributed by atoms with Crippen LogP contribution in [0, 0.1) is 0 Å². The average Bonchev–Trinajstić information content (AvgIpc) is 1.56. The van der Waals surface area contributed by atoms with Crippen LogP contribution in [0.1, 0.15) is 0 Å². The van der Waals surface area contributed by atoms with E-state index < -0.39 is 0 Å². The normalized spacial score (nSPS) is 11.6. The summed E-state index contributed by atoms with van der Waals surface area (Å²) in [7, 11) is 0. The van der Waals surface area contributed by atoms with E-state index in [2.05, 4.69) is 587 Å². The molecule has 0 saturated carbocycles. The summed E-state index contributed by atoms with van der Waals surface area (Å²) in [5, 5.41) is 20.4. The van der Waals surface area contributed by atoms with Crippen molar-refractivity contribution in [3.63, 3.8) is 0 Å². The third-order valence-electron chi connectivity index (χ3n) is 29.5. The molecule has 0 fully saturated rings. The van der Waals surface area contributed by atoms with Gasteiger partial charge in [0.15, 0.2) is 0 Å². The fourth-order valence-electron chi connectivity index (χ4n) is 22.6. The number of aromatic nitrogens is 3. The van der Waals surface area contributed by atoms with Crippen molar-refractivity contribution in [2.24, 2.45) is 0 Å². The Bertz CT molecular complexity index is 10200. The highest BCUT2D eigenvalue weighted by Crippen LogP contribution is 2.53. The molecule has 0 radical (unpaired) electrons. The lowest BCUT2D eigenvalue weighted by molar-refractivity contribution is 1.18. The second kappa shape index (κ2) is 37.5. The van der Waals surface area contributed by atoms with Gasteiger partial charge in [-0.15, -0.1) is 34.0 Å². The molecule has 6 nitrogen and oxygen atoms in total. The Hall–Kier alpha value is -18.7. The lowest BCUT2D eigenvalue weighted by Crippen LogP contribution is -2.10. The zero-order valence-electron chi connectivity index (χ0n) is 81.0. The summed E-state index contributed by atoms with van der Waals surface area (Å²) in [4.78, 5) is 7.21. The molecule has 9 heteroatoms. The Labute approximate surface area is 873 Å². The molecule has 149 heavy (non-hydrogen) atoms. The summed E-state index contributed by atoms with van der Waals surface area (Å²) < 4.78 is 15.2. The van der Waals surface area contributed by atoms with Gasteiger partial charge in [0.05, 0.1) is 38.8 Å². The number of hydrogen-bond acceptors (Lipinski definition) is 6. The molecule has 6 heterocycles. The molecule has 0 saturated heterocycles. The molecule has 0 N–H and O–H groups in total. The molecule has 0 aliphatic rings. The van der Waals surface area contributed by atoms with Crippen LogP contribution >= 0.6 is 34.0 Å². The van der Waals surface area contributed by atoms with Crippen molar-refractivity contribution in [2.75, 3.05) is 14.7 Å². The standard InChI is InChI=1S/C48H32N2S.2C46H30N2S/c1-4-12-33(13-5-1)35-20-24-38(25-21-35)49(39-26-22-36(23-27-39)34-14-6-2-7-15-34)40-28-30-44-43(32-40)47-45(50(44)37-16-8-3-9-17-37)31-29-42-41-18-10-11-19-46(41)51-48(42)47;1-3-12-31(13-4-1)32-22-24-35(25-23-32)47(41-20-11-15-33-14-7-8-18-37(33)41)36-26-28-42-40(30-36)45-43(48(42)34-16-5-2-6-17-34)29-27-39-38-19-9-10-21-44(38)49-46(39)45;1-3-11-31(12-4-1)33-19-22-36(23-20-33)47(37-24-21-32-13-7-8-14-34(32)29-37)38-25-27-42-41(30-38)45-43(48(42)35-15-5-2-6-16-35)28-26-40-39-17-9-10-18-44(39)49-46(40)45/h1-32H;2*1-30H. The topological polar surface area (TPSA) is 24.5 Å². The van der Waals surface area contributed by atoms with Crippen molar-refractivity contribution < 1.29 is 0 Å². The van der Waals surface area contributed by atoms with E-state index in [1.807, 2.05) is 34.0 Å². The molecule has 700 valence electrons. The maximum Gasteiger partial charge on any atom is 0.0555 e. The van der Waals surface area contributed by atoms with Crippen molar-refractivity contribution in [1.82, 2.24) is 13.7 Å². The van der Waals surface area contributed by atoms with Crippen LogP contribution in [0.25, 0.3) is 209 Å². The van der Waals surface area contributed by atoms with E-state index in [-0.39, 0.29) is 0 Å². The van der Waals surface area contributed by atoms with Gasteiger partial charge < -0.3 is 28.4 Å². The minimum Gasteiger partial charge on any atom is -0.310 e. The summed E-state index contributed by atoms with van der Waals surface area (Å²) in [6, 6.07) is 202. The Morgan fingerprint density at radius 2 is 0.389 bits per heavy atom. The molecule has 0 aliphatic carbocycles. The number of fused-ring (bicyclic) bond motifs is 23. The second-order valence-electron chi connectivity index (χ2n) is 38.1. The first-order chi connectivity index (χ1) is 73.9. The second-order valence-corrected chi connectivity index (χ2v) is 41.3. The van der Waals surface area contributed by atoms with E-state index in [4.69, 9.17) is 0 Å². The zero-order chi connectivity index (χ0) is 98.4. The first-order valence-corrected chi connectivity index (χ1v) is 53.2. The summed E-state index contributed by atoms with van der Waals surface area (Å²) in [6.45, 7) is 0. The number of benzene rings is 24. The smallest absolute Gasteiger partial charge is 0.0555 e. The molecule has 0 unspecified atom stereocenters. The van der Waals surface area contributed by atoms with Crippen LogP contribution in [-0.4, -0.2) is 13.7 Å². The summed E-state index contributed by atoms with van der Waals surface area (Å²) in [5.74, 6) is 0. The summed E-state index contributed by atoms with van der Waals surface area (Å²) in [6.07, 6.45) is 0. The Balaban J connectivity index is 0.000000108. The van der Waals surface area contributed by atoms with Gasteiger partial charge in [0, 0.05) is 161 Å². The highest BCUT2D eigenvalue weighted by molar-refractivity contribution is 7.27. The SMILES string of the molecule is c1ccc(-c2ccc(N(c3ccc(-c4ccccc4)cc3)c3ccc4c(c3)c3c5sc6ccccc6c5ccc3n4-c3ccccc3)cc2)cc1.c1ccc(-c2ccc(N(c3ccc4c(c3)c3c5sc6ccccc6c5ccc3n4-c3ccccc3)c3cccc4ccccc34)cc2)cc1.c1ccc(-c2ccc(N(c3ccc4ccccc4c3)c3ccc4c(c3)c3c5sc6ccccc6c5ccc3n4-c3ccccc3)cc2)cc1. The Morgan fingerprint density at radius 1 is 0.141 bits per heavy atom. The van der Waals surface area contributed by atoms with Gasteiger partial charge in [-0.25, -0.2) is 0 Å². The number of nitrogens with zero attached hydrogens (tertiary/aromatic N) is 6. The Morgan fingerprint density at radius 3 is 0.745 bits per heavy atom. The van der Waals surface area contributed by atoms with Gasteiger partial charge in [-0.1, -0.05) is 364 Å². The maximum absolute atomic E-state index is 2.43. The molecule has 6 aromatic heterocycles. The summed E-state index contributed by atoms with van der Waals surface area (Å²) >= 11 is 5.69. The van der Waals surface area contributed by atoms with Crippen LogP contribution in [-0.2, 0) is 0 Å². The first kappa shape index (κ1) is 88.0. The Kier molecular flexibility index (Phi) is 22.1. The third-order valence-corrected chi connectivity index (χ3v) is 33.1. The molecule has 30 rings (SSSR count).